The lowest BCUT2D eigenvalue weighted by molar-refractivity contribution is -0.125. The van der Waals surface area contributed by atoms with Crippen molar-refractivity contribution in [1.82, 2.24) is 5.32 Å². The first-order chi connectivity index (χ1) is 9.65. The summed E-state index contributed by atoms with van der Waals surface area (Å²) in [5.74, 6) is 0.995. The number of nitrogens with two attached hydrogens (primary N) is 1. The summed E-state index contributed by atoms with van der Waals surface area (Å²) in [6, 6.07) is 5.96. The van der Waals surface area contributed by atoms with E-state index in [4.69, 9.17) is 17.3 Å². The number of hydrogen-bond donors (Lipinski definition) is 2. The molecule has 0 saturated heterocycles. The fraction of sp³-hybridized carbons (Fsp3) is 0.533. The molecule has 1 aliphatic rings. The van der Waals surface area contributed by atoms with E-state index < -0.39 is 0 Å². The van der Waals surface area contributed by atoms with Crippen LogP contribution in [0.3, 0.4) is 0 Å². The van der Waals surface area contributed by atoms with Gasteiger partial charge in [0.2, 0.25) is 5.91 Å². The first-order valence-electron chi connectivity index (χ1n) is 7.08. The highest BCUT2D eigenvalue weighted by Gasteiger charge is 2.25. The van der Waals surface area contributed by atoms with Crippen LogP contribution >= 0.6 is 23.4 Å². The highest BCUT2D eigenvalue weighted by molar-refractivity contribution is 7.99. The Morgan fingerprint density at radius 3 is 3.10 bits per heavy atom. The molecule has 1 aliphatic heterocycles. The van der Waals surface area contributed by atoms with Gasteiger partial charge in [-0.3, -0.25) is 4.79 Å². The molecule has 1 heterocycles. The molecule has 0 spiro atoms. The van der Waals surface area contributed by atoms with Crippen molar-refractivity contribution in [3.63, 3.8) is 0 Å². The van der Waals surface area contributed by atoms with Crippen molar-refractivity contribution in [2.24, 2.45) is 11.7 Å². The van der Waals surface area contributed by atoms with Gasteiger partial charge in [-0.1, -0.05) is 24.9 Å². The standard InChI is InChI=1S/C15H21ClN2OS/c1-2-3-10(9-17)15(19)18-13-6-7-20-14-5-4-11(16)8-12(13)14/h4-5,8,10,13H,2-3,6-7,9,17H2,1H3,(H,18,19). The van der Waals surface area contributed by atoms with Gasteiger partial charge in [-0.15, -0.1) is 11.8 Å². The molecule has 2 rings (SSSR count). The lowest BCUT2D eigenvalue weighted by Gasteiger charge is -2.27. The summed E-state index contributed by atoms with van der Waals surface area (Å²) in [5, 5.41) is 3.86. The topological polar surface area (TPSA) is 55.1 Å². The van der Waals surface area contributed by atoms with Crippen LogP contribution in [0.1, 0.15) is 37.8 Å². The lowest BCUT2D eigenvalue weighted by atomic mass is 9.99. The number of carbonyl (C=O) groups excluding carboxylic acids is 1. The normalized spacial score (nSPS) is 19.2. The molecule has 1 aromatic rings. The van der Waals surface area contributed by atoms with Gasteiger partial charge in [0.25, 0.3) is 0 Å². The maximum atomic E-state index is 12.3. The molecule has 0 fully saturated rings. The minimum atomic E-state index is -0.0859. The summed E-state index contributed by atoms with van der Waals surface area (Å²) in [4.78, 5) is 13.5. The Balaban J connectivity index is 2.11. The second kappa shape index (κ2) is 7.34. The number of rotatable bonds is 5. The average molecular weight is 313 g/mol. The van der Waals surface area contributed by atoms with Gasteiger partial charge in [-0.2, -0.15) is 0 Å². The zero-order chi connectivity index (χ0) is 14.5. The fourth-order valence-electron chi connectivity index (χ4n) is 2.51. The van der Waals surface area contributed by atoms with Gasteiger partial charge in [0.15, 0.2) is 0 Å². The molecular weight excluding hydrogens is 292 g/mol. The van der Waals surface area contributed by atoms with Crippen molar-refractivity contribution < 1.29 is 4.79 Å². The molecule has 2 atom stereocenters. The van der Waals surface area contributed by atoms with E-state index >= 15 is 0 Å². The van der Waals surface area contributed by atoms with Gasteiger partial charge in [-0.25, -0.2) is 0 Å². The first kappa shape index (κ1) is 15.7. The Kier molecular flexibility index (Phi) is 5.75. The smallest absolute Gasteiger partial charge is 0.224 e. The van der Waals surface area contributed by atoms with Crippen molar-refractivity contribution in [3.8, 4) is 0 Å². The summed E-state index contributed by atoms with van der Waals surface area (Å²) in [5.41, 5.74) is 6.83. The molecule has 2 unspecified atom stereocenters. The van der Waals surface area contributed by atoms with Crippen LogP contribution in [-0.4, -0.2) is 18.2 Å². The molecule has 110 valence electrons. The molecule has 0 saturated carbocycles. The van der Waals surface area contributed by atoms with Crippen LogP contribution in [0.4, 0.5) is 0 Å². The summed E-state index contributed by atoms with van der Waals surface area (Å²) >= 11 is 7.89. The molecule has 20 heavy (non-hydrogen) atoms. The van der Waals surface area contributed by atoms with Gasteiger partial charge in [0.05, 0.1) is 12.0 Å². The molecule has 1 amide bonds. The van der Waals surface area contributed by atoms with Crippen molar-refractivity contribution in [3.05, 3.63) is 28.8 Å². The molecule has 1 aromatic carbocycles. The molecule has 5 heteroatoms. The number of amides is 1. The van der Waals surface area contributed by atoms with E-state index in [0.29, 0.717) is 6.54 Å². The predicted molar refractivity (Wildman–Crippen MR) is 85.1 cm³/mol. The highest BCUT2D eigenvalue weighted by atomic mass is 35.5. The maximum absolute atomic E-state index is 12.3. The van der Waals surface area contributed by atoms with Crippen molar-refractivity contribution >= 4 is 29.3 Å². The molecule has 3 nitrogen and oxygen atoms in total. The van der Waals surface area contributed by atoms with Crippen molar-refractivity contribution in [2.75, 3.05) is 12.3 Å². The van der Waals surface area contributed by atoms with Crippen LogP contribution in [0, 0.1) is 5.92 Å². The minimum absolute atomic E-state index is 0.0587. The Bertz CT molecular complexity index is 481. The van der Waals surface area contributed by atoms with Crippen LogP contribution in [0.2, 0.25) is 5.02 Å². The number of halogens is 1. The molecule has 3 N–H and O–H groups in total. The van der Waals surface area contributed by atoms with Crippen LogP contribution in [0.15, 0.2) is 23.1 Å². The molecule has 0 aromatic heterocycles. The van der Waals surface area contributed by atoms with Crippen LogP contribution in [0.25, 0.3) is 0 Å². The maximum Gasteiger partial charge on any atom is 0.224 e. The zero-order valence-corrected chi connectivity index (χ0v) is 13.3. The van der Waals surface area contributed by atoms with Crippen molar-refractivity contribution in [2.45, 2.75) is 37.1 Å². The van der Waals surface area contributed by atoms with E-state index in [2.05, 4.69) is 12.2 Å². The van der Waals surface area contributed by atoms with Crippen molar-refractivity contribution in [1.29, 1.82) is 0 Å². The second-order valence-electron chi connectivity index (χ2n) is 5.10. The largest absolute Gasteiger partial charge is 0.349 e. The van der Waals surface area contributed by atoms with Gasteiger partial charge in [0.1, 0.15) is 0 Å². The number of benzene rings is 1. The summed E-state index contributed by atoms with van der Waals surface area (Å²) in [7, 11) is 0. The van der Waals surface area contributed by atoms with E-state index in [0.717, 1.165) is 35.6 Å². The van der Waals surface area contributed by atoms with E-state index in [1.807, 2.05) is 30.0 Å². The molecule has 0 radical (unpaired) electrons. The van der Waals surface area contributed by atoms with Crippen LogP contribution in [-0.2, 0) is 4.79 Å². The SMILES string of the molecule is CCCC(CN)C(=O)NC1CCSc2ccc(Cl)cc21. The van der Waals surface area contributed by atoms with E-state index in [9.17, 15) is 4.79 Å². The monoisotopic (exact) mass is 312 g/mol. The predicted octanol–water partition coefficient (Wildman–Crippen LogP) is 3.37. The molecule has 0 aliphatic carbocycles. The molecular formula is C15H21ClN2OS. The molecule has 0 bridgehead atoms. The Hall–Kier alpha value is -0.710. The van der Waals surface area contributed by atoms with E-state index in [1.54, 1.807) is 0 Å². The Morgan fingerprint density at radius 2 is 2.40 bits per heavy atom. The summed E-state index contributed by atoms with van der Waals surface area (Å²) in [6.07, 6.45) is 2.75. The highest BCUT2D eigenvalue weighted by Crippen LogP contribution is 2.37. The Morgan fingerprint density at radius 1 is 1.60 bits per heavy atom. The lowest BCUT2D eigenvalue weighted by Crippen LogP contribution is -2.38. The zero-order valence-electron chi connectivity index (χ0n) is 11.7. The first-order valence-corrected chi connectivity index (χ1v) is 8.44. The summed E-state index contributed by atoms with van der Waals surface area (Å²) < 4.78 is 0. The minimum Gasteiger partial charge on any atom is -0.349 e. The number of carbonyl (C=O) groups is 1. The summed E-state index contributed by atoms with van der Waals surface area (Å²) in [6.45, 7) is 2.48. The second-order valence-corrected chi connectivity index (χ2v) is 6.67. The third-order valence-electron chi connectivity index (χ3n) is 3.62. The van der Waals surface area contributed by atoms with E-state index in [-0.39, 0.29) is 17.9 Å². The number of fused-ring (bicyclic) bond motifs is 1. The van der Waals surface area contributed by atoms with E-state index in [1.165, 1.54) is 4.90 Å². The van der Waals surface area contributed by atoms with Gasteiger partial charge in [0, 0.05) is 22.2 Å². The number of nitrogens with one attached hydrogen (secondary N) is 1. The fourth-order valence-corrected chi connectivity index (χ4v) is 3.80. The third-order valence-corrected chi connectivity index (χ3v) is 4.98. The van der Waals surface area contributed by atoms with Crippen LogP contribution in [0.5, 0.6) is 0 Å². The number of thioether (sulfide) groups is 1. The average Bonchev–Trinajstić information content (AvgIpc) is 2.45. The third kappa shape index (κ3) is 3.68. The number of hydrogen-bond acceptors (Lipinski definition) is 3. The van der Waals surface area contributed by atoms with Gasteiger partial charge >= 0.3 is 0 Å². The Labute approximate surface area is 129 Å². The van der Waals surface area contributed by atoms with Gasteiger partial charge in [-0.05, 0) is 36.6 Å². The quantitative estimate of drug-likeness (QED) is 0.876. The van der Waals surface area contributed by atoms with Gasteiger partial charge < -0.3 is 11.1 Å². The van der Waals surface area contributed by atoms with Crippen LogP contribution < -0.4 is 11.1 Å².